The summed E-state index contributed by atoms with van der Waals surface area (Å²) < 4.78 is 13.8. The van der Waals surface area contributed by atoms with Crippen LogP contribution >= 0.6 is 0 Å². The van der Waals surface area contributed by atoms with Crippen LogP contribution in [0.15, 0.2) is 24.3 Å². The van der Waals surface area contributed by atoms with Crippen LogP contribution in [0.1, 0.15) is 24.8 Å². The van der Waals surface area contributed by atoms with Gasteiger partial charge in [-0.3, -0.25) is 4.90 Å². The molecule has 2 aliphatic rings. The molecule has 2 aromatic rings. The van der Waals surface area contributed by atoms with Gasteiger partial charge in [-0.05, 0) is 50.1 Å². The van der Waals surface area contributed by atoms with Gasteiger partial charge in [0, 0.05) is 37.1 Å². The van der Waals surface area contributed by atoms with Gasteiger partial charge in [0.05, 0.1) is 5.52 Å². The van der Waals surface area contributed by atoms with Crippen LogP contribution in [0.4, 0.5) is 10.2 Å². The molecule has 0 spiro atoms. The average Bonchev–Trinajstić information content (AvgIpc) is 2.55. The first-order valence-electron chi connectivity index (χ1n) is 8.26. The van der Waals surface area contributed by atoms with Gasteiger partial charge in [0.15, 0.2) is 0 Å². The predicted octanol–water partition coefficient (Wildman–Crippen LogP) is 3.36. The van der Waals surface area contributed by atoms with E-state index in [2.05, 4.69) is 21.9 Å². The fourth-order valence-corrected chi connectivity index (χ4v) is 3.79. The SMILES string of the molecule is Cc1cc2ccc(N3CCN4CCCCC4C3)nc2cc1F. The van der Waals surface area contributed by atoms with E-state index < -0.39 is 0 Å². The van der Waals surface area contributed by atoms with E-state index in [1.54, 1.807) is 13.0 Å². The summed E-state index contributed by atoms with van der Waals surface area (Å²) in [5.41, 5.74) is 1.43. The van der Waals surface area contributed by atoms with Crippen LogP contribution in [0.3, 0.4) is 0 Å². The average molecular weight is 299 g/mol. The molecule has 3 heterocycles. The van der Waals surface area contributed by atoms with E-state index in [9.17, 15) is 4.39 Å². The van der Waals surface area contributed by atoms with Crippen molar-refractivity contribution in [1.29, 1.82) is 0 Å². The van der Waals surface area contributed by atoms with Crippen LogP contribution in [0.2, 0.25) is 0 Å². The molecule has 4 rings (SSSR count). The minimum Gasteiger partial charge on any atom is -0.354 e. The number of halogens is 1. The number of aromatic nitrogens is 1. The van der Waals surface area contributed by atoms with Gasteiger partial charge < -0.3 is 4.90 Å². The molecule has 0 radical (unpaired) electrons. The van der Waals surface area contributed by atoms with Crippen molar-refractivity contribution < 1.29 is 4.39 Å². The van der Waals surface area contributed by atoms with Crippen molar-refractivity contribution in [3.8, 4) is 0 Å². The highest BCUT2D eigenvalue weighted by atomic mass is 19.1. The molecule has 2 saturated heterocycles. The molecule has 0 N–H and O–H groups in total. The smallest absolute Gasteiger partial charge is 0.129 e. The lowest BCUT2D eigenvalue weighted by molar-refractivity contribution is 0.133. The summed E-state index contributed by atoms with van der Waals surface area (Å²) in [7, 11) is 0. The number of benzene rings is 1. The molecule has 116 valence electrons. The van der Waals surface area contributed by atoms with Gasteiger partial charge in [-0.15, -0.1) is 0 Å². The van der Waals surface area contributed by atoms with Crippen molar-refractivity contribution in [3.63, 3.8) is 0 Å². The largest absolute Gasteiger partial charge is 0.354 e. The number of hydrogen-bond acceptors (Lipinski definition) is 3. The highest BCUT2D eigenvalue weighted by molar-refractivity contribution is 5.81. The van der Waals surface area contributed by atoms with Crippen molar-refractivity contribution >= 4 is 16.7 Å². The molecule has 22 heavy (non-hydrogen) atoms. The Hall–Kier alpha value is -1.68. The third-order valence-corrected chi connectivity index (χ3v) is 5.12. The number of nitrogens with zero attached hydrogens (tertiary/aromatic N) is 3. The van der Waals surface area contributed by atoms with Crippen LogP contribution in [0, 0.1) is 12.7 Å². The van der Waals surface area contributed by atoms with E-state index in [1.807, 2.05) is 6.07 Å². The van der Waals surface area contributed by atoms with Gasteiger partial charge >= 0.3 is 0 Å². The van der Waals surface area contributed by atoms with Crippen molar-refractivity contribution in [2.45, 2.75) is 32.2 Å². The molecule has 1 atom stereocenters. The van der Waals surface area contributed by atoms with E-state index in [0.29, 0.717) is 11.6 Å². The summed E-state index contributed by atoms with van der Waals surface area (Å²) >= 11 is 0. The van der Waals surface area contributed by atoms with Crippen molar-refractivity contribution in [3.05, 3.63) is 35.6 Å². The van der Waals surface area contributed by atoms with Crippen LogP contribution in [-0.2, 0) is 0 Å². The van der Waals surface area contributed by atoms with Crippen LogP contribution in [0.5, 0.6) is 0 Å². The molecule has 3 nitrogen and oxygen atoms in total. The summed E-state index contributed by atoms with van der Waals surface area (Å²) in [5, 5.41) is 1.01. The van der Waals surface area contributed by atoms with Gasteiger partial charge in [-0.25, -0.2) is 9.37 Å². The van der Waals surface area contributed by atoms with Gasteiger partial charge in [0.2, 0.25) is 0 Å². The fraction of sp³-hybridized carbons (Fsp3) is 0.500. The maximum atomic E-state index is 13.8. The first-order chi connectivity index (χ1) is 10.7. The lowest BCUT2D eigenvalue weighted by Crippen LogP contribution is -2.55. The Bertz CT molecular complexity index is 700. The van der Waals surface area contributed by atoms with Crippen molar-refractivity contribution in [2.24, 2.45) is 0 Å². The second kappa shape index (κ2) is 5.51. The molecule has 1 aromatic heterocycles. The Balaban J connectivity index is 1.62. The second-order valence-corrected chi connectivity index (χ2v) is 6.60. The molecule has 0 bridgehead atoms. The topological polar surface area (TPSA) is 19.4 Å². The number of pyridine rings is 1. The zero-order valence-corrected chi connectivity index (χ0v) is 13.1. The summed E-state index contributed by atoms with van der Waals surface area (Å²) in [6.45, 7) is 6.22. The summed E-state index contributed by atoms with van der Waals surface area (Å²) in [5.74, 6) is 0.815. The number of piperidine rings is 1. The number of hydrogen-bond donors (Lipinski definition) is 0. The van der Waals surface area contributed by atoms with E-state index in [4.69, 9.17) is 4.98 Å². The Labute approximate surface area is 130 Å². The van der Waals surface area contributed by atoms with Crippen LogP contribution in [0.25, 0.3) is 10.9 Å². The minimum atomic E-state index is -0.172. The number of rotatable bonds is 1. The Morgan fingerprint density at radius 3 is 2.95 bits per heavy atom. The molecule has 2 fully saturated rings. The maximum absolute atomic E-state index is 13.8. The molecule has 2 aliphatic heterocycles. The molecule has 4 heteroatoms. The van der Waals surface area contributed by atoms with Gasteiger partial charge in [-0.2, -0.15) is 0 Å². The molecule has 1 unspecified atom stereocenters. The van der Waals surface area contributed by atoms with Crippen LogP contribution in [-0.4, -0.2) is 42.1 Å². The van der Waals surface area contributed by atoms with E-state index in [-0.39, 0.29) is 5.82 Å². The molecule has 0 saturated carbocycles. The standard InChI is InChI=1S/C18H22FN3/c1-13-10-14-5-6-18(20-17(14)11-16(13)19)22-9-8-21-7-3-2-4-15(21)12-22/h5-6,10-11,15H,2-4,7-9,12H2,1H3. The van der Waals surface area contributed by atoms with E-state index in [0.717, 1.165) is 36.4 Å². The maximum Gasteiger partial charge on any atom is 0.129 e. The second-order valence-electron chi connectivity index (χ2n) is 6.60. The predicted molar refractivity (Wildman–Crippen MR) is 87.9 cm³/mol. The van der Waals surface area contributed by atoms with Crippen LogP contribution < -0.4 is 4.90 Å². The Morgan fingerprint density at radius 1 is 1.14 bits per heavy atom. The highest BCUT2D eigenvalue weighted by Gasteiger charge is 2.29. The molecular weight excluding hydrogens is 277 g/mol. The first-order valence-corrected chi connectivity index (χ1v) is 8.26. The fourth-order valence-electron chi connectivity index (χ4n) is 3.79. The quantitative estimate of drug-likeness (QED) is 0.805. The molecular formula is C18H22FN3. The lowest BCUT2D eigenvalue weighted by Gasteiger charge is -2.44. The first kappa shape index (κ1) is 13.9. The minimum absolute atomic E-state index is 0.172. The number of fused-ring (bicyclic) bond motifs is 2. The summed E-state index contributed by atoms with van der Waals surface area (Å²) in [6.07, 6.45) is 3.96. The summed E-state index contributed by atoms with van der Waals surface area (Å²) in [6, 6.07) is 8.25. The zero-order valence-electron chi connectivity index (χ0n) is 13.1. The number of aryl methyl sites for hydroxylation is 1. The monoisotopic (exact) mass is 299 g/mol. The summed E-state index contributed by atoms with van der Waals surface area (Å²) in [4.78, 5) is 9.69. The Kier molecular flexibility index (Phi) is 3.49. The highest BCUT2D eigenvalue weighted by Crippen LogP contribution is 2.26. The van der Waals surface area contributed by atoms with Gasteiger partial charge in [-0.1, -0.05) is 6.42 Å². The van der Waals surface area contributed by atoms with Crippen molar-refractivity contribution in [1.82, 2.24) is 9.88 Å². The number of piperazine rings is 1. The molecule has 1 aromatic carbocycles. The lowest BCUT2D eigenvalue weighted by atomic mass is 9.99. The molecule has 0 amide bonds. The van der Waals surface area contributed by atoms with E-state index >= 15 is 0 Å². The van der Waals surface area contributed by atoms with Gasteiger partial charge in [0.1, 0.15) is 11.6 Å². The molecule has 0 aliphatic carbocycles. The number of anilines is 1. The zero-order chi connectivity index (χ0) is 15.1. The van der Waals surface area contributed by atoms with E-state index in [1.165, 1.54) is 25.8 Å². The Morgan fingerprint density at radius 2 is 2.05 bits per heavy atom. The third kappa shape index (κ3) is 2.45. The van der Waals surface area contributed by atoms with Gasteiger partial charge in [0.25, 0.3) is 0 Å². The van der Waals surface area contributed by atoms with Crippen molar-refractivity contribution in [2.75, 3.05) is 31.1 Å². The normalized spacial score (nSPS) is 22.8. The third-order valence-electron chi connectivity index (χ3n) is 5.12.